The van der Waals surface area contributed by atoms with Gasteiger partial charge in [-0.1, -0.05) is 6.07 Å². The van der Waals surface area contributed by atoms with Crippen molar-refractivity contribution in [2.75, 3.05) is 25.5 Å². The summed E-state index contributed by atoms with van der Waals surface area (Å²) in [5.74, 6) is -1.30. The molecule has 1 rings (SSSR count). The Kier molecular flexibility index (Phi) is 4.96. The number of hydrogen-bond acceptors (Lipinski definition) is 4. The summed E-state index contributed by atoms with van der Waals surface area (Å²) < 4.78 is 4.77. The van der Waals surface area contributed by atoms with Gasteiger partial charge in [0.1, 0.15) is 6.61 Å². The number of hydrogen-bond donors (Lipinski definition) is 3. The molecule has 1 aromatic carbocycles. The largest absolute Gasteiger partial charge is 0.480 e. The minimum absolute atomic E-state index is 0.153. The molecular weight excluding hydrogens is 224 g/mol. The van der Waals surface area contributed by atoms with Gasteiger partial charge in [-0.3, -0.25) is 4.79 Å². The van der Waals surface area contributed by atoms with Gasteiger partial charge in [-0.25, -0.2) is 4.79 Å². The molecule has 6 nitrogen and oxygen atoms in total. The number of carboxylic acid groups (broad SMARTS) is 1. The number of aliphatic carboxylic acids is 1. The molecular formula is C11H14N2O4. The van der Waals surface area contributed by atoms with Crippen LogP contribution in [0.4, 0.5) is 5.69 Å². The lowest BCUT2D eigenvalue weighted by Crippen LogP contribution is -2.27. The summed E-state index contributed by atoms with van der Waals surface area (Å²) in [4.78, 5) is 21.7. The predicted molar refractivity (Wildman–Crippen MR) is 61.6 cm³/mol. The molecule has 1 amide bonds. The molecule has 0 bridgehead atoms. The average molecular weight is 238 g/mol. The minimum Gasteiger partial charge on any atom is -0.480 e. The van der Waals surface area contributed by atoms with Gasteiger partial charge < -0.3 is 20.9 Å². The molecule has 0 saturated carbocycles. The zero-order valence-corrected chi connectivity index (χ0v) is 9.18. The van der Waals surface area contributed by atoms with Crippen molar-refractivity contribution in [1.82, 2.24) is 5.32 Å². The summed E-state index contributed by atoms with van der Waals surface area (Å²) >= 11 is 0. The van der Waals surface area contributed by atoms with E-state index in [-0.39, 0.29) is 25.7 Å². The van der Waals surface area contributed by atoms with E-state index in [0.717, 1.165) is 0 Å². The van der Waals surface area contributed by atoms with Crippen LogP contribution < -0.4 is 11.1 Å². The van der Waals surface area contributed by atoms with E-state index in [9.17, 15) is 9.59 Å². The zero-order chi connectivity index (χ0) is 12.7. The number of benzene rings is 1. The summed E-state index contributed by atoms with van der Waals surface area (Å²) in [7, 11) is 0. The van der Waals surface area contributed by atoms with Gasteiger partial charge in [-0.2, -0.15) is 0 Å². The monoisotopic (exact) mass is 238 g/mol. The van der Waals surface area contributed by atoms with Crippen molar-refractivity contribution in [2.45, 2.75) is 0 Å². The van der Waals surface area contributed by atoms with E-state index in [1.54, 1.807) is 24.3 Å². The first kappa shape index (κ1) is 13.0. The highest BCUT2D eigenvalue weighted by molar-refractivity contribution is 5.94. The molecule has 1 aromatic rings. The van der Waals surface area contributed by atoms with E-state index in [1.165, 1.54) is 0 Å². The number of anilines is 1. The van der Waals surface area contributed by atoms with E-state index < -0.39 is 5.97 Å². The number of amides is 1. The van der Waals surface area contributed by atoms with Gasteiger partial charge in [0.25, 0.3) is 5.91 Å². The Morgan fingerprint density at radius 3 is 2.82 bits per heavy atom. The van der Waals surface area contributed by atoms with Crippen LogP contribution in [0.5, 0.6) is 0 Å². The van der Waals surface area contributed by atoms with Crippen LogP contribution in [-0.4, -0.2) is 36.7 Å². The number of carboxylic acids is 1. The van der Waals surface area contributed by atoms with Crippen molar-refractivity contribution < 1.29 is 19.4 Å². The van der Waals surface area contributed by atoms with Crippen LogP contribution in [0.25, 0.3) is 0 Å². The third-order valence-electron chi connectivity index (χ3n) is 1.91. The fourth-order valence-corrected chi connectivity index (χ4v) is 1.18. The van der Waals surface area contributed by atoms with Crippen LogP contribution in [0.2, 0.25) is 0 Å². The molecule has 0 aromatic heterocycles. The summed E-state index contributed by atoms with van der Waals surface area (Å²) in [6.45, 7) is 0.0371. The normalized spacial score (nSPS) is 9.88. The maximum Gasteiger partial charge on any atom is 0.329 e. The lowest BCUT2D eigenvalue weighted by atomic mass is 10.2. The fourth-order valence-electron chi connectivity index (χ4n) is 1.18. The maximum absolute atomic E-state index is 11.6. The number of ether oxygens (including phenoxy) is 1. The lowest BCUT2D eigenvalue weighted by Gasteiger charge is -2.05. The van der Waals surface area contributed by atoms with Crippen molar-refractivity contribution in [3.05, 3.63) is 29.8 Å². The van der Waals surface area contributed by atoms with E-state index in [2.05, 4.69) is 5.32 Å². The highest BCUT2D eigenvalue weighted by Crippen LogP contribution is 2.05. The first-order valence-corrected chi connectivity index (χ1v) is 5.03. The molecule has 0 heterocycles. The van der Waals surface area contributed by atoms with Gasteiger partial charge in [0.15, 0.2) is 0 Å². The molecule has 0 aliphatic heterocycles. The van der Waals surface area contributed by atoms with Gasteiger partial charge in [0.2, 0.25) is 0 Å². The molecule has 0 spiro atoms. The van der Waals surface area contributed by atoms with E-state index >= 15 is 0 Å². The van der Waals surface area contributed by atoms with Gasteiger partial charge >= 0.3 is 5.97 Å². The average Bonchev–Trinajstić information content (AvgIpc) is 2.28. The maximum atomic E-state index is 11.6. The molecule has 6 heteroatoms. The Labute approximate surface area is 98.4 Å². The van der Waals surface area contributed by atoms with Crippen molar-refractivity contribution in [3.8, 4) is 0 Å². The Morgan fingerprint density at radius 2 is 2.18 bits per heavy atom. The van der Waals surface area contributed by atoms with Crippen LogP contribution in [0.15, 0.2) is 24.3 Å². The van der Waals surface area contributed by atoms with E-state index in [4.69, 9.17) is 15.6 Å². The highest BCUT2D eigenvalue weighted by Gasteiger charge is 2.04. The highest BCUT2D eigenvalue weighted by atomic mass is 16.5. The standard InChI is InChI=1S/C11H14N2O4/c12-9-3-1-2-8(6-9)11(16)13-4-5-17-7-10(14)15/h1-3,6H,4-5,7,12H2,(H,13,16)(H,14,15). The Bertz CT molecular complexity index is 406. The summed E-state index contributed by atoms with van der Waals surface area (Å²) in [5.41, 5.74) is 6.51. The molecule has 17 heavy (non-hydrogen) atoms. The first-order chi connectivity index (χ1) is 8.09. The first-order valence-electron chi connectivity index (χ1n) is 5.03. The van der Waals surface area contributed by atoms with Crippen LogP contribution in [0.3, 0.4) is 0 Å². The van der Waals surface area contributed by atoms with Crippen molar-refractivity contribution >= 4 is 17.6 Å². The van der Waals surface area contributed by atoms with Crippen LogP contribution >= 0.6 is 0 Å². The number of carbonyl (C=O) groups excluding carboxylic acids is 1. The number of nitrogens with one attached hydrogen (secondary N) is 1. The summed E-state index contributed by atoms with van der Waals surface area (Å²) in [5, 5.41) is 10.9. The third kappa shape index (κ3) is 4.98. The van der Waals surface area contributed by atoms with Crippen molar-refractivity contribution in [1.29, 1.82) is 0 Å². The number of nitrogen functional groups attached to an aromatic ring is 1. The predicted octanol–water partition coefficient (Wildman–Crippen LogP) is 0.0998. The topological polar surface area (TPSA) is 102 Å². The Balaban J connectivity index is 2.28. The lowest BCUT2D eigenvalue weighted by molar-refractivity contribution is -0.142. The van der Waals surface area contributed by atoms with Crippen LogP contribution in [-0.2, 0) is 9.53 Å². The van der Waals surface area contributed by atoms with Crippen molar-refractivity contribution in [2.24, 2.45) is 0 Å². The van der Waals surface area contributed by atoms with E-state index in [1.807, 2.05) is 0 Å². The fraction of sp³-hybridized carbons (Fsp3) is 0.273. The molecule has 0 fully saturated rings. The molecule has 0 atom stereocenters. The molecule has 0 radical (unpaired) electrons. The molecule has 92 valence electrons. The van der Waals surface area contributed by atoms with Crippen molar-refractivity contribution in [3.63, 3.8) is 0 Å². The smallest absolute Gasteiger partial charge is 0.329 e. The van der Waals surface area contributed by atoms with Gasteiger partial charge in [-0.05, 0) is 18.2 Å². The number of rotatable bonds is 6. The Morgan fingerprint density at radius 1 is 1.41 bits per heavy atom. The SMILES string of the molecule is Nc1cccc(C(=O)NCCOCC(=O)O)c1. The summed E-state index contributed by atoms with van der Waals surface area (Å²) in [6.07, 6.45) is 0. The summed E-state index contributed by atoms with van der Waals surface area (Å²) in [6, 6.07) is 6.58. The van der Waals surface area contributed by atoms with Crippen LogP contribution in [0, 0.1) is 0 Å². The van der Waals surface area contributed by atoms with Crippen LogP contribution in [0.1, 0.15) is 10.4 Å². The minimum atomic E-state index is -1.04. The number of nitrogens with two attached hydrogens (primary N) is 1. The van der Waals surface area contributed by atoms with E-state index in [0.29, 0.717) is 11.3 Å². The second-order valence-corrected chi connectivity index (χ2v) is 3.33. The number of carbonyl (C=O) groups is 2. The third-order valence-corrected chi connectivity index (χ3v) is 1.91. The second kappa shape index (κ2) is 6.49. The van der Waals surface area contributed by atoms with Gasteiger partial charge in [0, 0.05) is 17.8 Å². The van der Waals surface area contributed by atoms with Gasteiger partial charge in [-0.15, -0.1) is 0 Å². The molecule has 0 unspecified atom stereocenters. The molecule has 4 N–H and O–H groups in total. The molecule has 0 aliphatic carbocycles. The quantitative estimate of drug-likeness (QED) is 0.482. The molecule has 0 saturated heterocycles. The zero-order valence-electron chi connectivity index (χ0n) is 9.18. The second-order valence-electron chi connectivity index (χ2n) is 3.33. The molecule has 0 aliphatic rings. The Hall–Kier alpha value is -2.08. The van der Waals surface area contributed by atoms with Gasteiger partial charge in [0.05, 0.1) is 6.61 Å².